The van der Waals surface area contributed by atoms with E-state index in [1.54, 1.807) is 61.7 Å². The number of carbonyl (C=O) groups is 2. The highest BCUT2D eigenvalue weighted by Gasteiger charge is 2.66. The van der Waals surface area contributed by atoms with Crippen LogP contribution in [0.3, 0.4) is 0 Å². The average Bonchev–Trinajstić information content (AvgIpc) is 3.16. The molecule has 9 heteroatoms. The fourth-order valence-corrected chi connectivity index (χ4v) is 6.17. The third-order valence-corrected chi connectivity index (χ3v) is 8.07. The molecule has 5 rings (SSSR count). The molecule has 0 unspecified atom stereocenters. The summed E-state index contributed by atoms with van der Waals surface area (Å²) >= 11 is 12.4. The van der Waals surface area contributed by atoms with Crippen LogP contribution in [0.5, 0.6) is 17.2 Å². The first-order valence-electron chi connectivity index (χ1n) is 12.2. The zero-order chi connectivity index (χ0) is 27.9. The number of ether oxygens (including phenoxy) is 2. The minimum atomic E-state index is -1.42. The second kappa shape index (κ2) is 10.3. The quantitative estimate of drug-likeness (QED) is 0.329. The van der Waals surface area contributed by atoms with E-state index in [1.165, 1.54) is 19.2 Å². The van der Waals surface area contributed by atoms with Gasteiger partial charge in [-0.25, -0.2) is 0 Å². The standard InChI is InChI=1S/C30H26Cl2N2O5/c1-4-17-5-13-23-28(36)34(33-25-14-8-19(31)15-24(25)32)29(37)30(23,18-6-9-20(38-2)10-7-18)27(17)22-12-11-21(39-3)16-26(22)35/h4-12,14-16,23,27,33,35H,1,13H2,2-3H3/t23-,27+,30+/m0/s1. The van der Waals surface area contributed by atoms with Crippen molar-refractivity contribution in [2.75, 3.05) is 19.6 Å². The molecule has 2 N–H and O–H groups in total. The molecule has 1 heterocycles. The highest BCUT2D eigenvalue weighted by atomic mass is 35.5. The van der Waals surface area contributed by atoms with Crippen molar-refractivity contribution >= 4 is 40.7 Å². The summed E-state index contributed by atoms with van der Waals surface area (Å²) in [5.41, 5.74) is 3.66. The monoisotopic (exact) mass is 564 g/mol. The number of phenolic OH excluding ortho intramolecular Hbond substituents is 1. The van der Waals surface area contributed by atoms with Gasteiger partial charge in [-0.1, -0.05) is 60.1 Å². The van der Waals surface area contributed by atoms with Crippen molar-refractivity contribution < 1.29 is 24.2 Å². The molecule has 1 aliphatic heterocycles. The second-order valence-corrected chi connectivity index (χ2v) is 10.2. The van der Waals surface area contributed by atoms with Gasteiger partial charge in [-0.3, -0.25) is 15.0 Å². The number of nitrogens with zero attached hydrogens (tertiary/aromatic N) is 1. The number of rotatable bonds is 7. The Morgan fingerprint density at radius 3 is 2.33 bits per heavy atom. The number of hydrogen-bond acceptors (Lipinski definition) is 6. The van der Waals surface area contributed by atoms with E-state index >= 15 is 0 Å². The van der Waals surface area contributed by atoms with E-state index in [2.05, 4.69) is 12.0 Å². The Labute approximate surface area is 236 Å². The Morgan fingerprint density at radius 2 is 1.72 bits per heavy atom. The first kappa shape index (κ1) is 26.7. The predicted octanol–water partition coefficient (Wildman–Crippen LogP) is 6.27. The van der Waals surface area contributed by atoms with Crippen molar-refractivity contribution in [3.8, 4) is 17.2 Å². The Bertz CT molecular complexity index is 1500. The van der Waals surface area contributed by atoms with Crippen molar-refractivity contribution in [1.29, 1.82) is 0 Å². The van der Waals surface area contributed by atoms with Crippen LogP contribution in [0.15, 0.2) is 85.0 Å². The largest absolute Gasteiger partial charge is 0.508 e. The number of aromatic hydroxyl groups is 1. The number of halogens is 2. The second-order valence-electron chi connectivity index (χ2n) is 9.37. The number of allylic oxidation sites excluding steroid dienone is 3. The topological polar surface area (TPSA) is 88.1 Å². The summed E-state index contributed by atoms with van der Waals surface area (Å²) in [5.74, 6) is -1.43. The number of amides is 2. The van der Waals surface area contributed by atoms with Crippen LogP contribution < -0.4 is 14.9 Å². The van der Waals surface area contributed by atoms with Gasteiger partial charge in [0.1, 0.15) is 17.2 Å². The SMILES string of the molecule is C=CC1=CC[C@H]2C(=O)N(Nc3ccc(Cl)cc3Cl)C(=O)[C@@]2(c2ccc(OC)cc2)[C@H]1c1ccc(OC)cc1O. The van der Waals surface area contributed by atoms with Crippen LogP contribution >= 0.6 is 23.2 Å². The Morgan fingerprint density at radius 1 is 1.03 bits per heavy atom. The van der Waals surface area contributed by atoms with Gasteiger partial charge in [0, 0.05) is 22.6 Å². The molecule has 0 aromatic heterocycles. The van der Waals surface area contributed by atoms with E-state index in [0.717, 1.165) is 10.6 Å². The van der Waals surface area contributed by atoms with E-state index in [9.17, 15) is 14.7 Å². The van der Waals surface area contributed by atoms with Gasteiger partial charge in [-0.2, -0.15) is 5.01 Å². The van der Waals surface area contributed by atoms with Crippen LogP contribution in [0.1, 0.15) is 23.5 Å². The number of carbonyl (C=O) groups excluding carboxylic acids is 2. The Kier molecular flexibility index (Phi) is 7.05. The first-order valence-corrected chi connectivity index (χ1v) is 13.0. The summed E-state index contributed by atoms with van der Waals surface area (Å²) in [7, 11) is 3.06. The highest BCUT2D eigenvalue weighted by Crippen LogP contribution is 2.59. The third-order valence-electron chi connectivity index (χ3n) is 7.52. The van der Waals surface area contributed by atoms with Crippen LogP contribution in [-0.2, 0) is 15.0 Å². The van der Waals surface area contributed by atoms with Gasteiger partial charge < -0.3 is 14.6 Å². The van der Waals surface area contributed by atoms with Gasteiger partial charge in [0.2, 0.25) is 0 Å². The van der Waals surface area contributed by atoms with Gasteiger partial charge in [-0.15, -0.1) is 0 Å². The molecule has 2 aliphatic rings. The lowest BCUT2D eigenvalue weighted by Crippen LogP contribution is -2.48. The fraction of sp³-hybridized carbons (Fsp3) is 0.200. The molecule has 0 radical (unpaired) electrons. The maximum Gasteiger partial charge on any atom is 0.260 e. The molecule has 1 aliphatic carbocycles. The van der Waals surface area contributed by atoms with Crippen LogP contribution in [0.25, 0.3) is 0 Å². The molecule has 3 aromatic carbocycles. The summed E-state index contributed by atoms with van der Waals surface area (Å²) in [6.45, 7) is 3.99. The Hall–Kier alpha value is -3.94. The molecule has 7 nitrogen and oxygen atoms in total. The summed E-state index contributed by atoms with van der Waals surface area (Å²) in [4.78, 5) is 28.7. The predicted molar refractivity (Wildman–Crippen MR) is 150 cm³/mol. The van der Waals surface area contributed by atoms with Gasteiger partial charge in [0.25, 0.3) is 11.8 Å². The zero-order valence-electron chi connectivity index (χ0n) is 21.3. The van der Waals surface area contributed by atoms with Gasteiger partial charge >= 0.3 is 0 Å². The molecule has 1 fully saturated rings. The lowest BCUT2D eigenvalue weighted by molar-refractivity contribution is -0.138. The van der Waals surface area contributed by atoms with Crippen LogP contribution in [0.4, 0.5) is 5.69 Å². The molecule has 0 spiro atoms. The lowest BCUT2D eigenvalue weighted by Gasteiger charge is -2.43. The van der Waals surface area contributed by atoms with Crippen molar-refractivity contribution in [2.24, 2.45) is 5.92 Å². The molecule has 2 amide bonds. The molecule has 3 aromatic rings. The highest BCUT2D eigenvalue weighted by molar-refractivity contribution is 6.36. The number of benzene rings is 3. The molecule has 200 valence electrons. The number of hydrazine groups is 1. The van der Waals surface area contributed by atoms with Gasteiger partial charge in [0.05, 0.1) is 36.3 Å². The summed E-state index contributed by atoms with van der Waals surface area (Å²) in [6, 6.07) is 16.7. The van der Waals surface area contributed by atoms with E-state index in [-0.39, 0.29) is 17.2 Å². The molecular formula is C30H26Cl2N2O5. The smallest absolute Gasteiger partial charge is 0.260 e. The molecule has 3 atom stereocenters. The summed E-state index contributed by atoms with van der Waals surface area (Å²) in [5, 5.41) is 12.9. The normalized spacial score (nSPS) is 22.3. The number of imide groups is 1. The number of phenols is 1. The summed E-state index contributed by atoms with van der Waals surface area (Å²) < 4.78 is 10.6. The minimum Gasteiger partial charge on any atom is -0.508 e. The summed E-state index contributed by atoms with van der Waals surface area (Å²) in [6.07, 6.45) is 3.86. The first-order chi connectivity index (χ1) is 18.8. The number of nitrogens with one attached hydrogen (secondary N) is 1. The number of anilines is 1. The van der Waals surface area contributed by atoms with Gasteiger partial charge in [-0.05, 0) is 54.0 Å². The van der Waals surface area contributed by atoms with E-state index in [4.69, 9.17) is 32.7 Å². The molecule has 0 bridgehead atoms. The van der Waals surface area contributed by atoms with Crippen LogP contribution in [-0.4, -0.2) is 36.1 Å². The van der Waals surface area contributed by atoms with Crippen molar-refractivity contribution in [1.82, 2.24) is 5.01 Å². The third kappa shape index (κ3) is 4.22. The van der Waals surface area contributed by atoms with Crippen molar-refractivity contribution in [3.63, 3.8) is 0 Å². The Balaban J connectivity index is 1.74. The fourth-order valence-electron chi connectivity index (χ4n) is 5.72. The molecule has 39 heavy (non-hydrogen) atoms. The van der Waals surface area contributed by atoms with Crippen molar-refractivity contribution in [2.45, 2.75) is 17.8 Å². The van der Waals surface area contributed by atoms with E-state index in [0.29, 0.717) is 33.3 Å². The maximum atomic E-state index is 14.7. The number of hydrogen-bond donors (Lipinski definition) is 2. The zero-order valence-corrected chi connectivity index (χ0v) is 22.8. The molecular weight excluding hydrogens is 539 g/mol. The molecule has 0 saturated carbocycles. The minimum absolute atomic E-state index is 0.0620. The number of methoxy groups -OCH3 is 2. The maximum absolute atomic E-state index is 14.7. The van der Waals surface area contributed by atoms with E-state index in [1.807, 2.05) is 6.08 Å². The van der Waals surface area contributed by atoms with Crippen LogP contribution in [0, 0.1) is 5.92 Å². The average molecular weight is 565 g/mol. The van der Waals surface area contributed by atoms with Gasteiger partial charge in [0.15, 0.2) is 0 Å². The van der Waals surface area contributed by atoms with Crippen molar-refractivity contribution in [3.05, 3.63) is 106 Å². The number of fused-ring (bicyclic) bond motifs is 1. The molecule has 1 saturated heterocycles. The lowest BCUT2D eigenvalue weighted by atomic mass is 9.56. The van der Waals surface area contributed by atoms with E-state index < -0.39 is 29.1 Å². The van der Waals surface area contributed by atoms with Crippen LogP contribution in [0.2, 0.25) is 10.0 Å².